The molecule has 0 bridgehead atoms. The van der Waals surface area contributed by atoms with Gasteiger partial charge < -0.3 is 4.74 Å². The number of likely N-dealkylation sites (tertiary alicyclic amines) is 1. The Hall–Kier alpha value is -0.860. The van der Waals surface area contributed by atoms with Gasteiger partial charge in [0.05, 0.1) is 13.2 Å². The van der Waals surface area contributed by atoms with Crippen LogP contribution in [0.5, 0.6) is 0 Å². The summed E-state index contributed by atoms with van der Waals surface area (Å²) >= 11 is 0. The quantitative estimate of drug-likeness (QED) is 0.749. The zero-order chi connectivity index (χ0) is 11.9. The molecular formula is C16H21NO. The summed E-state index contributed by atoms with van der Waals surface area (Å²) in [5.41, 5.74) is 3.17. The molecule has 4 rings (SSSR count). The second-order valence-corrected chi connectivity index (χ2v) is 6.18. The minimum Gasteiger partial charge on any atom is -0.381 e. The number of fused-ring (bicyclic) bond motifs is 2. The average Bonchev–Trinajstić information content (AvgIpc) is 2.99. The Kier molecular flexibility index (Phi) is 2.66. The van der Waals surface area contributed by atoms with Gasteiger partial charge in [0.25, 0.3) is 0 Å². The lowest BCUT2D eigenvalue weighted by Crippen LogP contribution is -2.38. The van der Waals surface area contributed by atoms with Crippen LogP contribution >= 0.6 is 0 Å². The number of hydrogen-bond donors (Lipinski definition) is 0. The van der Waals surface area contributed by atoms with E-state index in [1.807, 2.05) is 0 Å². The molecule has 2 fully saturated rings. The van der Waals surface area contributed by atoms with E-state index in [-0.39, 0.29) is 0 Å². The van der Waals surface area contributed by atoms with Crippen molar-refractivity contribution in [2.24, 2.45) is 11.8 Å². The standard InChI is InChI=1S/C16H21NO/c1-2-4-13-7-16(6-5-12(13)3-1)17-8-14-10-18-11-15(14)9-17/h1-4,14-16H,5-11H2/t14-,15?,16-/m0/s1. The number of nitrogens with zero attached hydrogens (tertiary/aromatic N) is 1. The van der Waals surface area contributed by atoms with Gasteiger partial charge in [-0.1, -0.05) is 24.3 Å². The van der Waals surface area contributed by atoms with E-state index < -0.39 is 0 Å². The van der Waals surface area contributed by atoms with Crippen molar-refractivity contribution in [1.82, 2.24) is 4.90 Å². The van der Waals surface area contributed by atoms with Crippen LogP contribution in [0.2, 0.25) is 0 Å². The molecule has 0 radical (unpaired) electrons. The number of ether oxygens (including phenoxy) is 1. The molecule has 0 aromatic heterocycles. The molecule has 0 N–H and O–H groups in total. The van der Waals surface area contributed by atoms with Crippen LogP contribution in [0.15, 0.2) is 24.3 Å². The number of aryl methyl sites for hydroxylation is 1. The van der Waals surface area contributed by atoms with E-state index in [0.717, 1.165) is 31.1 Å². The van der Waals surface area contributed by atoms with E-state index in [9.17, 15) is 0 Å². The van der Waals surface area contributed by atoms with Crippen molar-refractivity contribution >= 4 is 0 Å². The molecule has 1 aromatic rings. The monoisotopic (exact) mass is 243 g/mol. The number of hydrogen-bond acceptors (Lipinski definition) is 2. The van der Waals surface area contributed by atoms with E-state index in [0.29, 0.717) is 0 Å². The van der Waals surface area contributed by atoms with Gasteiger partial charge in [-0.05, 0) is 30.4 Å². The molecule has 96 valence electrons. The van der Waals surface area contributed by atoms with Crippen LogP contribution in [0.3, 0.4) is 0 Å². The van der Waals surface area contributed by atoms with Gasteiger partial charge in [-0.3, -0.25) is 4.90 Å². The molecule has 0 spiro atoms. The molecule has 2 heteroatoms. The molecule has 2 heterocycles. The van der Waals surface area contributed by atoms with Crippen molar-refractivity contribution in [1.29, 1.82) is 0 Å². The van der Waals surface area contributed by atoms with E-state index >= 15 is 0 Å². The van der Waals surface area contributed by atoms with Crippen molar-refractivity contribution in [3.63, 3.8) is 0 Å². The van der Waals surface area contributed by atoms with Crippen molar-refractivity contribution in [3.8, 4) is 0 Å². The van der Waals surface area contributed by atoms with E-state index in [4.69, 9.17) is 4.74 Å². The van der Waals surface area contributed by atoms with Gasteiger partial charge in [-0.25, -0.2) is 0 Å². The third-order valence-electron chi connectivity index (χ3n) is 5.11. The summed E-state index contributed by atoms with van der Waals surface area (Å²) < 4.78 is 5.58. The maximum absolute atomic E-state index is 5.58. The molecular weight excluding hydrogens is 222 g/mol. The highest BCUT2D eigenvalue weighted by atomic mass is 16.5. The molecule has 2 nitrogen and oxygen atoms in total. The minimum atomic E-state index is 0.783. The lowest BCUT2D eigenvalue weighted by atomic mass is 9.87. The zero-order valence-electron chi connectivity index (χ0n) is 10.8. The highest BCUT2D eigenvalue weighted by Gasteiger charge is 2.40. The van der Waals surface area contributed by atoms with Gasteiger partial charge in [0, 0.05) is 31.0 Å². The number of benzene rings is 1. The first-order valence-corrected chi connectivity index (χ1v) is 7.29. The Morgan fingerprint density at radius 1 is 1.00 bits per heavy atom. The summed E-state index contributed by atoms with van der Waals surface area (Å²) in [6.45, 7) is 4.56. The van der Waals surface area contributed by atoms with Crippen molar-refractivity contribution in [2.75, 3.05) is 26.3 Å². The van der Waals surface area contributed by atoms with Crippen LogP contribution in [0.1, 0.15) is 17.5 Å². The van der Waals surface area contributed by atoms with Gasteiger partial charge in [0.15, 0.2) is 0 Å². The van der Waals surface area contributed by atoms with Crippen LogP contribution < -0.4 is 0 Å². The summed E-state index contributed by atoms with van der Waals surface area (Å²) in [6.07, 6.45) is 3.87. The van der Waals surface area contributed by atoms with Crippen LogP contribution in [0, 0.1) is 11.8 Å². The molecule has 1 aliphatic carbocycles. The Morgan fingerprint density at radius 2 is 1.72 bits per heavy atom. The Labute approximate surface area is 109 Å². The van der Waals surface area contributed by atoms with Crippen molar-refractivity contribution in [3.05, 3.63) is 35.4 Å². The topological polar surface area (TPSA) is 12.5 Å². The van der Waals surface area contributed by atoms with Crippen LogP contribution in [-0.2, 0) is 17.6 Å². The Bertz CT molecular complexity index is 432. The van der Waals surface area contributed by atoms with Crippen LogP contribution in [-0.4, -0.2) is 37.2 Å². The van der Waals surface area contributed by atoms with Gasteiger partial charge in [-0.15, -0.1) is 0 Å². The second kappa shape index (κ2) is 4.36. The summed E-state index contributed by atoms with van der Waals surface area (Å²) in [4.78, 5) is 2.74. The lowest BCUT2D eigenvalue weighted by molar-refractivity contribution is 0.134. The Morgan fingerprint density at radius 3 is 2.50 bits per heavy atom. The highest BCUT2D eigenvalue weighted by Crippen LogP contribution is 2.33. The molecule has 3 atom stereocenters. The predicted octanol–water partition coefficient (Wildman–Crippen LogP) is 2.12. The fraction of sp³-hybridized carbons (Fsp3) is 0.625. The summed E-state index contributed by atoms with van der Waals surface area (Å²) in [5.74, 6) is 1.64. The SMILES string of the molecule is c1ccc2c(c1)CC[C@H](N1CC3COC[C@@H]3C1)C2. The number of rotatable bonds is 1. The summed E-state index contributed by atoms with van der Waals surface area (Å²) in [6, 6.07) is 9.77. The van der Waals surface area contributed by atoms with E-state index in [2.05, 4.69) is 29.2 Å². The third kappa shape index (κ3) is 1.79. The average molecular weight is 243 g/mol. The molecule has 18 heavy (non-hydrogen) atoms. The maximum atomic E-state index is 5.58. The van der Waals surface area contributed by atoms with Gasteiger partial charge >= 0.3 is 0 Å². The second-order valence-electron chi connectivity index (χ2n) is 6.18. The van der Waals surface area contributed by atoms with Gasteiger partial charge in [0.1, 0.15) is 0 Å². The molecule has 2 aliphatic heterocycles. The fourth-order valence-corrected chi connectivity index (χ4v) is 4.01. The smallest absolute Gasteiger partial charge is 0.0510 e. The first-order valence-electron chi connectivity index (χ1n) is 7.29. The van der Waals surface area contributed by atoms with E-state index in [1.54, 1.807) is 11.1 Å². The Balaban J connectivity index is 1.48. The molecule has 1 aromatic carbocycles. The van der Waals surface area contributed by atoms with Gasteiger partial charge in [0.2, 0.25) is 0 Å². The molecule has 0 saturated carbocycles. The van der Waals surface area contributed by atoms with Crippen molar-refractivity contribution < 1.29 is 4.74 Å². The molecule has 3 aliphatic rings. The minimum absolute atomic E-state index is 0.783. The third-order valence-corrected chi connectivity index (χ3v) is 5.11. The molecule has 1 unspecified atom stereocenters. The predicted molar refractivity (Wildman–Crippen MR) is 71.6 cm³/mol. The van der Waals surface area contributed by atoms with Crippen LogP contribution in [0.25, 0.3) is 0 Å². The summed E-state index contributed by atoms with van der Waals surface area (Å²) in [5, 5.41) is 0. The van der Waals surface area contributed by atoms with Crippen LogP contribution in [0.4, 0.5) is 0 Å². The first-order chi connectivity index (χ1) is 8.90. The molecule has 0 amide bonds. The normalized spacial score (nSPS) is 35.4. The van der Waals surface area contributed by atoms with E-state index in [1.165, 1.54) is 32.4 Å². The highest BCUT2D eigenvalue weighted by molar-refractivity contribution is 5.30. The zero-order valence-corrected chi connectivity index (χ0v) is 10.8. The van der Waals surface area contributed by atoms with Gasteiger partial charge in [-0.2, -0.15) is 0 Å². The van der Waals surface area contributed by atoms with Crippen molar-refractivity contribution in [2.45, 2.75) is 25.3 Å². The largest absolute Gasteiger partial charge is 0.381 e. The fourth-order valence-electron chi connectivity index (χ4n) is 4.01. The molecule has 2 saturated heterocycles. The summed E-state index contributed by atoms with van der Waals surface area (Å²) in [7, 11) is 0. The first kappa shape index (κ1) is 11.0. The lowest BCUT2D eigenvalue weighted by Gasteiger charge is -2.32. The maximum Gasteiger partial charge on any atom is 0.0510 e.